The maximum absolute atomic E-state index is 3.69. The van der Waals surface area contributed by atoms with Gasteiger partial charge in [0.15, 0.2) is 0 Å². The Morgan fingerprint density at radius 1 is 1.38 bits per heavy atom. The van der Waals surface area contributed by atoms with Gasteiger partial charge in [0, 0.05) is 22.5 Å². The van der Waals surface area contributed by atoms with E-state index >= 15 is 0 Å². The first kappa shape index (κ1) is 10.8. The summed E-state index contributed by atoms with van der Waals surface area (Å²) in [5.74, 6) is 0.817. The van der Waals surface area contributed by atoms with Crippen molar-refractivity contribution in [1.82, 2.24) is 5.32 Å². The fraction of sp³-hybridized carbons (Fsp3) is 0.571. The summed E-state index contributed by atoms with van der Waals surface area (Å²) in [6, 6.07) is 9.51. The van der Waals surface area contributed by atoms with Crippen LogP contribution in [0.3, 0.4) is 0 Å². The lowest BCUT2D eigenvalue weighted by atomic mass is 9.93. The minimum atomic E-state index is 0.405. The molecule has 1 aromatic carbocycles. The SMILES string of the molecule is CC1CC1(CNC1CC1)c1ccccc1Br. The van der Waals surface area contributed by atoms with Gasteiger partial charge in [-0.2, -0.15) is 0 Å². The molecule has 2 unspecified atom stereocenters. The average molecular weight is 280 g/mol. The van der Waals surface area contributed by atoms with Gasteiger partial charge in [-0.3, -0.25) is 0 Å². The molecule has 2 aliphatic carbocycles. The summed E-state index contributed by atoms with van der Waals surface area (Å²) in [6.07, 6.45) is 4.08. The molecule has 0 bridgehead atoms. The number of hydrogen-bond acceptors (Lipinski definition) is 1. The zero-order valence-electron chi connectivity index (χ0n) is 9.67. The van der Waals surface area contributed by atoms with E-state index in [9.17, 15) is 0 Å². The van der Waals surface area contributed by atoms with E-state index in [1.807, 2.05) is 0 Å². The first-order chi connectivity index (χ1) is 7.72. The van der Waals surface area contributed by atoms with Crippen molar-refractivity contribution in [3.63, 3.8) is 0 Å². The summed E-state index contributed by atoms with van der Waals surface area (Å²) in [4.78, 5) is 0. The molecule has 0 heterocycles. The molecule has 0 aromatic heterocycles. The summed E-state index contributed by atoms with van der Waals surface area (Å²) in [7, 11) is 0. The standard InChI is InChI=1S/C14H18BrN/c1-10-8-14(10,9-16-11-6-7-11)12-4-2-3-5-13(12)15/h2-5,10-11,16H,6-9H2,1H3. The minimum Gasteiger partial charge on any atom is -0.313 e. The lowest BCUT2D eigenvalue weighted by molar-refractivity contribution is 0.539. The summed E-state index contributed by atoms with van der Waals surface area (Å²) in [5, 5.41) is 3.69. The Balaban J connectivity index is 1.81. The van der Waals surface area contributed by atoms with Crippen LogP contribution in [-0.2, 0) is 5.41 Å². The van der Waals surface area contributed by atoms with Crippen LogP contribution in [0.5, 0.6) is 0 Å². The average Bonchev–Trinajstić information content (AvgIpc) is 3.14. The first-order valence-corrected chi connectivity index (χ1v) is 7.00. The molecule has 0 radical (unpaired) electrons. The number of benzene rings is 1. The van der Waals surface area contributed by atoms with Crippen molar-refractivity contribution >= 4 is 15.9 Å². The van der Waals surface area contributed by atoms with E-state index in [1.165, 1.54) is 29.3 Å². The number of nitrogens with one attached hydrogen (secondary N) is 1. The van der Waals surface area contributed by atoms with Crippen molar-refractivity contribution in [1.29, 1.82) is 0 Å². The van der Waals surface area contributed by atoms with E-state index < -0.39 is 0 Å². The van der Waals surface area contributed by atoms with Crippen LogP contribution in [0.4, 0.5) is 0 Å². The smallest absolute Gasteiger partial charge is 0.0213 e. The van der Waals surface area contributed by atoms with Gasteiger partial charge in [0.2, 0.25) is 0 Å². The summed E-state index contributed by atoms with van der Waals surface area (Å²) < 4.78 is 1.27. The third-order valence-corrected chi connectivity index (χ3v) is 4.84. The molecule has 86 valence electrons. The zero-order chi connectivity index (χ0) is 11.2. The van der Waals surface area contributed by atoms with Gasteiger partial charge in [0.25, 0.3) is 0 Å². The molecule has 16 heavy (non-hydrogen) atoms. The summed E-state index contributed by atoms with van der Waals surface area (Å²) in [5.41, 5.74) is 1.90. The molecule has 0 saturated heterocycles. The second kappa shape index (κ2) is 3.85. The number of rotatable bonds is 4. The highest BCUT2D eigenvalue weighted by Gasteiger charge is 2.53. The molecule has 0 amide bonds. The van der Waals surface area contributed by atoms with Crippen LogP contribution in [0.15, 0.2) is 28.7 Å². The molecule has 1 nitrogen and oxygen atoms in total. The molecular weight excluding hydrogens is 262 g/mol. The van der Waals surface area contributed by atoms with Crippen LogP contribution in [0.1, 0.15) is 31.7 Å². The molecule has 2 atom stereocenters. The normalized spacial score (nSPS) is 32.8. The van der Waals surface area contributed by atoms with Gasteiger partial charge < -0.3 is 5.32 Å². The minimum absolute atomic E-state index is 0.405. The van der Waals surface area contributed by atoms with Crippen molar-refractivity contribution in [2.45, 2.75) is 37.6 Å². The lowest BCUT2D eigenvalue weighted by Gasteiger charge is -2.19. The fourth-order valence-electron chi connectivity index (χ4n) is 2.68. The van der Waals surface area contributed by atoms with Crippen molar-refractivity contribution in [3.8, 4) is 0 Å². The zero-order valence-corrected chi connectivity index (χ0v) is 11.3. The molecule has 0 aliphatic heterocycles. The predicted octanol–water partition coefficient (Wildman–Crippen LogP) is 3.48. The van der Waals surface area contributed by atoms with Crippen LogP contribution in [-0.4, -0.2) is 12.6 Å². The van der Waals surface area contributed by atoms with Gasteiger partial charge in [-0.15, -0.1) is 0 Å². The second-order valence-electron chi connectivity index (χ2n) is 5.40. The Bertz CT molecular complexity index is 399. The van der Waals surface area contributed by atoms with Crippen molar-refractivity contribution in [2.75, 3.05) is 6.54 Å². The molecular formula is C14H18BrN. The predicted molar refractivity (Wildman–Crippen MR) is 70.6 cm³/mol. The molecule has 2 aliphatic rings. The van der Waals surface area contributed by atoms with Crippen LogP contribution < -0.4 is 5.32 Å². The van der Waals surface area contributed by atoms with Crippen LogP contribution >= 0.6 is 15.9 Å². The Kier molecular flexibility index (Phi) is 2.60. The Labute approximate surface area is 106 Å². The Morgan fingerprint density at radius 2 is 2.06 bits per heavy atom. The van der Waals surface area contributed by atoms with Gasteiger partial charge >= 0.3 is 0 Å². The van der Waals surface area contributed by atoms with Gasteiger partial charge in [-0.1, -0.05) is 41.1 Å². The van der Waals surface area contributed by atoms with Gasteiger partial charge in [-0.25, -0.2) is 0 Å². The van der Waals surface area contributed by atoms with Crippen LogP contribution in [0, 0.1) is 5.92 Å². The molecule has 2 fully saturated rings. The van der Waals surface area contributed by atoms with Crippen molar-refractivity contribution < 1.29 is 0 Å². The van der Waals surface area contributed by atoms with Crippen LogP contribution in [0.2, 0.25) is 0 Å². The quantitative estimate of drug-likeness (QED) is 0.890. The maximum Gasteiger partial charge on any atom is 0.0213 e. The monoisotopic (exact) mass is 279 g/mol. The van der Waals surface area contributed by atoms with Crippen molar-refractivity contribution in [3.05, 3.63) is 34.3 Å². The van der Waals surface area contributed by atoms with E-state index in [2.05, 4.69) is 52.4 Å². The lowest BCUT2D eigenvalue weighted by Crippen LogP contribution is -2.30. The second-order valence-corrected chi connectivity index (χ2v) is 6.25. The first-order valence-electron chi connectivity index (χ1n) is 6.21. The van der Waals surface area contributed by atoms with Crippen LogP contribution in [0.25, 0.3) is 0 Å². The molecule has 1 N–H and O–H groups in total. The number of hydrogen-bond donors (Lipinski definition) is 1. The molecule has 2 saturated carbocycles. The third kappa shape index (κ3) is 1.82. The number of halogens is 1. The van der Waals surface area contributed by atoms with Gasteiger partial charge in [0.1, 0.15) is 0 Å². The topological polar surface area (TPSA) is 12.0 Å². The highest BCUT2D eigenvalue weighted by atomic mass is 79.9. The van der Waals surface area contributed by atoms with E-state index in [4.69, 9.17) is 0 Å². The summed E-state index contributed by atoms with van der Waals surface area (Å²) in [6.45, 7) is 3.52. The largest absolute Gasteiger partial charge is 0.313 e. The maximum atomic E-state index is 3.69. The highest BCUT2D eigenvalue weighted by Crippen LogP contribution is 2.55. The fourth-order valence-corrected chi connectivity index (χ4v) is 3.36. The van der Waals surface area contributed by atoms with E-state index in [-0.39, 0.29) is 0 Å². The van der Waals surface area contributed by atoms with E-state index in [0.29, 0.717) is 5.41 Å². The Hall–Kier alpha value is -0.340. The van der Waals surface area contributed by atoms with E-state index in [0.717, 1.165) is 18.5 Å². The molecule has 0 spiro atoms. The van der Waals surface area contributed by atoms with Gasteiger partial charge in [0.05, 0.1) is 0 Å². The highest BCUT2D eigenvalue weighted by molar-refractivity contribution is 9.10. The van der Waals surface area contributed by atoms with Crippen molar-refractivity contribution in [2.24, 2.45) is 5.92 Å². The Morgan fingerprint density at radius 3 is 2.62 bits per heavy atom. The third-order valence-electron chi connectivity index (χ3n) is 4.15. The van der Waals surface area contributed by atoms with Gasteiger partial charge in [-0.05, 0) is 36.8 Å². The molecule has 2 heteroatoms. The summed E-state index contributed by atoms with van der Waals surface area (Å²) >= 11 is 3.69. The molecule has 3 rings (SSSR count). The molecule has 1 aromatic rings. The van der Waals surface area contributed by atoms with E-state index in [1.54, 1.807) is 0 Å².